The van der Waals surface area contributed by atoms with Crippen LogP contribution >= 0.6 is 0 Å². The van der Waals surface area contributed by atoms with Crippen LogP contribution in [-0.2, 0) is 9.53 Å². The maximum Gasteiger partial charge on any atom is 0.336 e. The summed E-state index contributed by atoms with van der Waals surface area (Å²) in [6.07, 6.45) is 6.03. The summed E-state index contributed by atoms with van der Waals surface area (Å²) in [6.45, 7) is 3.95. The predicted octanol–water partition coefficient (Wildman–Crippen LogP) is 4.22. The summed E-state index contributed by atoms with van der Waals surface area (Å²) in [4.78, 5) is 23.1. The Kier molecular flexibility index (Phi) is 8.51. The van der Waals surface area contributed by atoms with E-state index in [2.05, 4.69) is 6.92 Å². The molecule has 0 saturated carbocycles. The molecule has 1 heterocycles. The molecule has 0 saturated heterocycles. The molecule has 1 unspecified atom stereocenters. The number of rotatable bonds is 12. The molecule has 0 spiro atoms. The highest BCUT2D eigenvalue weighted by atomic mass is 16.5. The van der Waals surface area contributed by atoms with Crippen molar-refractivity contribution in [2.75, 3.05) is 13.2 Å². The molecule has 0 aliphatic heterocycles. The Morgan fingerprint density at radius 1 is 1.14 bits per heavy atom. The molecule has 0 bridgehead atoms. The second kappa shape index (κ2) is 10.9. The zero-order chi connectivity index (χ0) is 20.4. The fraction of sp³-hybridized carbons (Fsp3) is 0.545. The number of aliphatic hydroxyl groups is 1. The van der Waals surface area contributed by atoms with Gasteiger partial charge in [0.05, 0.1) is 12.2 Å². The van der Waals surface area contributed by atoms with Crippen molar-refractivity contribution >= 4 is 16.9 Å². The maximum atomic E-state index is 11.8. The van der Waals surface area contributed by atoms with Crippen molar-refractivity contribution in [2.45, 2.75) is 64.4 Å². The highest BCUT2D eigenvalue weighted by Gasteiger charge is 2.23. The number of fused-ring (bicyclic) bond motifs is 1. The number of hydrogen-bond donors (Lipinski definition) is 1. The summed E-state index contributed by atoms with van der Waals surface area (Å²) in [5.41, 5.74) is -1.13. The van der Waals surface area contributed by atoms with Crippen molar-refractivity contribution in [3.63, 3.8) is 0 Å². The van der Waals surface area contributed by atoms with Gasteiger partial charge >= 0.3 is 11.6 Å². The van der Waals surface area contributed by atoms with E-state index in [4.69, 9.17) is 13.9 Å². The number of esters is 1. The standard InChI is InChI=1S/C22H30O6/c1-3-4-5-6-7-8-20(23)27-16-22(2,25)13-14-26-18-11-9-17-10-12-21(24)28-19(17)15-18/h9-12,15,25H,3-8,13-14,16H2,1-2H3. The molecule has 0 aliphatic rings. The summed E-state index contributed by atoms with van der Waals surface area (Å²) >= 11 is 0. The first-order valence-corrected chi connectivity index (χ1v) is 9.94. The molecule has 2 rings (SSSR count). The first kappa shape index (κ1) is 22.0. The minimum Gasteiger partial charge on any atom is -0.493 e. The third kappa shape index (κ3) is 7.72. The number of carbonyl (C=O) groups excluding carboxylic acids is 1. The van der Waals surface area contributed by atoms with Gasteiger partial charge in [-0.2, -0.15) is 0 Å². The van der Waals surface area contributed by atoms with Crippen LogP contribution in [-0.4, -0.2) is 29.9 Å². The van der Waals surface area contributed by atoms with Crippen LogP contribution in [0.3, 0.4) is 0 Å². The first-order valence-electron chi connectivity index (χ1n) is 9.94. The Morgan fingerprint density at radius 2 is 1.89 bits per heavy atom. The van der Waals surface area contributed by atoms with Gasteiger partial charge in [0.2, 0.25) is 0 Å². The van der Waals surface area contributed by atoms with Crippen molar-refractivity contribution in [3.8, 4) is 5.75 Å². The van der Waals surface area contributed by atoms with Crippen LogP contribution in [0.4, 0.5) is 0 Å². The van der Waals surface area contributed by atoms with E-state index in [0.29, 0.717) is 24.2 Å². The average Bonchev–Trinajstić information content (AvgIpc) is 2.66. The minimum absolute atomic E-state index is 0.0588. The Balaban J connectivity index is 1.71. The van der Waals surface area contributed by atoms with Crippen LogP contribution in [0.5, 0.6) is 5.75 Å². The molecule has 6 nitrogen and oxygen atoms in total. The fourth-order valence-electron chi connectivity index (χ4n) is 2.77. The quantitative estimate of drug-likeness (QED) is 0.332. The molecule has 1 atom stereocenters. The molecule has 154 valence electrons. The lowest BCUT2D eigenvalue weighted by atomic mass is 10.0. The smallest absolute Gasteiger partial charge is 0.336 e. The molecule has 2 aromatic rings. The van der Waals surface area contributed by atoms with E-state index in [1.54, 1.807) is 31.2 Å². The maximum absolute atomic E-state index is 11.8. The topological polar surface area (TPSA) is 86.0 Å². The molecule has 1 aromatic carbocycles. The van der Waals surface area contributed by atoms with Crippen LogP contribution in [0.2, 0.25) is 0 Å². The molecular weight excluding hydrogens is 360 g/mol. The molecule has 6 heteroatoms. The van der Waals surface area contributed by atoms with Crippen LogP contribution < -0.4 is 10.4 Å². The van der Waals surface area contributed by atoms with Gasteiger partial charge in [0.1, 0.15) is 17.9 Å². The molecule has 1 N–H and O–H groups in total. The lowest BCUT2D eigenvalue weighted by Crippen LogP contribution is -2.33. The van der Waals surface area contributed by atoms with Gasteiger partial charge in [-0.3, -0.25) is 4.79 Å². The Hall–Kier alpha value is -2.34. The van der Waals surface area contributed by atoms with Gasteiger partial charge in [-0.15, -0.1) is 0 Å². The van der Waals surface area contributed by atoms with E-state index in [9.17, 15) is 14.7 Å². The van der Waals surface area contributed by atoms with E-state index in [1.165, 1.54) is 18.9 Å². The van der Waals surface area contributed by atoms with Crippen molar-refractivity contribution in [1.29, 1.82) is 0 Å². The first-order chi connectivity index (χ1) is 13.4. The number of benzene rings is 1. The fourth-order valence-corrected chi connectivity index (χ4v) is 2.77. The van der Waals surface area contributed by atoms with Crippen molar-refractivity contribution < 1.29 is 23.8 Å². The summed E-state index contributed by atoms with van der Waals surface area (Å²) in [5, 5.41) is 11.2. The number of carbonyl (C=O) groups is 1. The lowest BCUT2D eigenvalue weighted by Gasteiger charge is -2.23. The van der Waals surface area contributed by atoms with Crippen LogP contribution in [0.25, 0.3) is 11.0 Å². The third-order valence-corrected chi connectivity index (χ3v) is 4.53. The summed E-state index contributed by atoms with van der Waals surface area (Å²) in [6, 6.07) is 8.27. The van der Waals surface area contributed by atoms with Gasteiger partial charge in [-0.05, 0) is 31.5 Å². The van der Waals surface area contributed by atoms with E-state index in [-0.39, 0.29) is 19.2 Å². The second-order valence-electron chi connectivity index (χ2n) is 7.37. The second-order valence-corrected chi connectivity index (χ2v) is 7.37. The molecular formula is C22H30O6. The van der Waals surface area contributed by atoms with Crippen molar-refractivity contribution in [1.82, 2.24) is 0 Å². The Labute approximate surface area is 165 Å². The third-order valence-electron chi connectivity index (χ3n) is 4.53. The Morgan fingerprint density at radius 3 is 2.68 bits per heavy atom. The van der Waals surface area contributed by atoms with Crippen LogP contribution in [0.1, 0.15) is 58.8 Å². The largest absolute Gasteiger partial charge is 0.493 e. The minimum atomic E-state index is -1.17. The summed E-state index contributed by atoms with van der Waals surface area (Å²) < 4.78 is 16.0. The summed E-state index contributed by atoms with van der Waals surface area (Å²) in [5.74, 6) is 0.268. The zero-order valence-electron chi connectivity index (χ0n) is 16.7. The van der Waals surface area contributed by atoms with E-state index < -0.39 is 11.2 Å². The lowest BCUT2D eigenvalue weighted by molar-refractivity contribution is -0.151. The highest BCUT2D eigenvalue weighted by molar-refractivity contribution is 5.77. The van der Waals surface area contributed by atoms with Gasteiger partial charge in [-0.25, -0.2) is 4.79 Å². The molecule has 0 radical (unpaired) electrons. The predicted molar refractivity (Wildman–Crippen MR) is 108 cm³/mol. The summed E-state index contributed by atoms with van der Waals surface area (Å²) in [7, 11) is 0. The normalized spacial score (nSPS) is 13.2. The molecule has 0 amide bonds. The number of hydrogen-bond acceptors (Lipinski definition) is 6. The van der Waals surface area contributed by atoms with Gasteiger partial charge in [0.15, 0.2) is 0 Å². The monoisotopic (exact) mass is 390 g/mol. The van der Waals surface area contributed by atoms with Gasteiger partial charge in [-0.1, -0.05) is 32.6 Å². The highest BCUT2D eigenvalue weighted by Crippen LogP contribution is 2.20. The van der Waals surface area contributed by atoms with Gasteiger partial charge in [0, 0.05) is 30.4 Å². The Bertz CT molecular complexity index is 808. The molecule has 0 aliphatic carbocycles. The molecule has 0 fully saturated rings. The van der Waals surface area contributed by atoms with Crippen LogP contribution in [0.15, 0.2) is 39.5 Å². The van der Waals surface area contributed by atoms with Crippen molar-refractivity contribution in [2.24, 2.45) is 0 Å². The molecule has 28 heavy (non-hydrogen) atoms. The zero-order valence-corrected chi connectivity index (χ0v) is 16.7. The van der Waals surface area contributed by atoms with E-state index in [1.807, 2.05) is 0 Å². The van der Waals surface area contributed by atoms with Crippen LogP contribution in [0, 0.1) is 0 Å². The molecule has 1 aromatic heterocycles. The van der Waals surface area contributed by atoms with Gasteiger partial charge in [0.25, 0.3) is 0 Å². The van der Waals surface area contributed by atoms with E-state index in [0.717, 1.165) is 24.6 Å². The number of unbranched alkanes of at least 4 members (excludes halogenated alkanes) is 4. The van der Waals surface area contributed by atoms with Crippen molar-refractivity contribution in [3.05, 3.63) is 40.8 Å². The average molecular weight is 390 g/mol. The number of ether oxygens (including phenoxy) is 2. The van der Waals surface area contributed by atoms with E-state index >= 15 is 0 Å². The van der Waals surface area contributed by atoms with Gasteiger partial charge < -0.3 is 19.0 Å². The SMILES string of the molecule is CCCCCCCC(=O)OCC(C)(O)CCOc1ccc2ccc(=O)oc2c1.